The van der Waals surface area contributed by atoms with Crippen LogP contribution in [0.25, 0.3) is 0 Å². The number of amides is 1. The molecular weight excluding hydrogens is 449 g/mol. The zero-order chi connectivity index (χ0) is 22.7. The summed E-state index contributed by atoms with van der Waals surface area (Å²) in [5.74, 6) is 0.914. The van der Waals surface area contributed by atoms with Gasteiger partial charge >= 0.3 is 6.36 Å². The zero-order valence-electron chi connectivity index (χ0n) is 17.1. The predicted octanol–water partition coefficient (Wildman–Crippen LogP) is 4.64. The summed E-state index contributed by atoms with van der Waals surface area (Å²) in [6, 6.07) is 9.39. The molecule has 1 fully saturated rings. The first kappa shape index (κ1) is 22.5. The van der Waals surface area contributed by atoms with Crippen molar-refractivity contribution >= 4 is 17.5 Å². The van der Waals surface area contributed by atoms with E-state index < -0.39 is 6.36 Å². The molecule has 2 heterocycles. The van der Waals surface area contributed by atoms with Crippen LogP contribution in [-0.2, 0) is 17.9 Å². The van der Waals surface area contributed by atoms with E-state index in [2.05, 4.69) is 10.1 Å². The van der Waals surface area contributed by atoms with Gasteiger partial charge in [0.1, 0.15) is 5.75 Å². The van der Waals surface area contributed by atoms with Gasteiger partial charge in [-0.25, -0.2) is 0 Å². The predicted molar refractivity (Wildman–Crippen MR) is 111 cm³/mol. The van der Waals surface area contributed by atoms with Gasteiger partial charge in [0.15, 0.2) is 11.5 Å². The van der Waals surface area contributed by atoms with Gasteiger partial charge in [-0.1, -0.05) is 29.8 Å². The van der Waals surface area contributed by atoms with E-state index in [1.807, 2.05) is 6.07 Å². The Morgan fingerprint density at radius 1 is 1.16 bits per heavy atom. The number of rotatable bonds is 8. The molecule has 0 aliphatic carbocycles. The Balaban J connectivity index is 1.33. The van der Waals surface area contributed by atoms with Crippen LogP contribution < -0.4 is 19.5 Å². The van der Waals surface area contributed by atoms with Crippen LogP contribution in [-0.4, -0.2) is 36.5 Å². The number of nitrogens with zero attached hydrogens (tertiary/aromatic N) is 1. The Bertz CT molecular complexity index is 986. The molecule has 6 nitrogen and oxygen atoms in total. The number of ether oxygens (including phenoxy) is 3. The highest BCUT2D eigenvalue weighted by Gasteiger charge is 2.34. The lowest BCUT2D eigenvalue weighted by atomic mass is 10.1. The molecule has 0 unspecified atom stereocenters. The summed E-state index contributed by atoms with van der Waals surface area (Å²) in [5, 5.41) is 3.88. The molecule has 2 aromatic carbocycles. The minimum atomic E-state index is -4.79. The monoisotopic (exact) mass is 470 g/mol. The maximum atomic E-state index is 12.7. The summed E-state index contributed by atoms with van der Waals surface area (Å²) in [7, 11) is 0. The van der Waals surface area contributed by atoms with Crippen molar-refractivity contribution in [1.82, 2.24) is 10.2 Å². The minimum Gasteiger partial charge on any atom is -0.454 e. The molecule has 0 radical (unpaired) electrons. The summed E-state index contributed by atoms with van der Waals surface area (Å²) >= 11 is 6.29. The van der Waals surface area contributed by atoms with E-state index in [9.17, 15) is 18.0 Å². The molecule has 4 rings (SSSR count). The number of hydrogen-bond acceptors (Lipinski definition) is 5. The molecular formula is C22H22ClF3N2O4. The van der Waals surface area contributed by atoms with E-state index in [0.29, 0.717) is 54.4 Å². The third kappa shape index (κ3) is 5.39. The van der Waals surface area contributed by atoms with Crippen LogP contribution in [0.15, 0.2) is 36.4 Å². The molecule has 172 valence electrons. The number of hydrogen-bond donors (Lipinski definition) is 1. The molecule has 0 spiro atoms. The average molecular weight is 471 g/mol. The first-order chi connectivity index (χ1) is 15.3. The van der Waals surface area contributed by atoms with Gasteiger partial charge in [0, 0.05) is 42.2 Å². The minimum absolute atomic E-state index is 0.0684. The van der Waals surface area contributed by atoms with Crippen molar-refractivity contribution in [3.8, 4) is 17.2 Å². The van der Waals surface area contributed by atoms with Crippen molar-refractivity contribution < 1.29 is 32.2 Å². The molecule has 1 atom stereocenters. The lowest BCUT2D eigenvalue weighted by molar-refractivity contribution is -0.275. The third-order valence-electron chi connectivity index (χ3n) is 5.50. The summed E-state index contributed by atoms with van der Waals surface area (Å²) in [4.78, 5) is 14.0. The third-order valence-corrected chi connectivity index (χ3v) is 5.85. The topological polar surface area (TPSA) is 60.0 Å². The lowest BCUT2D eigenvalue weighted by Crippen LogP contribution is -2.35. The molecule has 2 aliphatic heterocycles. The normalized spacial score (nSPS) is 17.8. The number of nitrogens with one attached hydrogen (secondary N) is 1. The van der Waals surface area contributed by atoms with Crippen molar-refractivity contribution in [2.45, 2.75) is 44.8 Å². The number of para-hydroxylation sites is 1. The molecule has 2 aliphatic rings. The van der Waals surface area contributed by atoms with E-state index in [4.69, 9.17) is 21.1 Å². The molecule has 1 saturated heterocycles. The number of likely N-dealkylation sites (tertiary alicyclic amines) is 1. The maximum Gasteiger partial charge on any atom is 0.573 e. The smallest absolute Gasteiger partial charge is 0.454 e. The fourth-order valence-corrected chi connectivity index (χ4v) is 4.16. The fourth-order valence-electron chi connectivity index (χ4n) is 3.94. The molecule has 1 N–H and O–H groups in total. The fraction of sp³-hybridized carbons (Fsp3) is 0.409. The van der Waals surface area contributed by atoms with E-state index in [1.54, 1.807) is 23.1 Å². The van der Waals surface area contributed by atoms with E-state index >= 15 is 0 Å². The van der Waals surface area contributed by atoms with Gasteiger partial charge < -0.3 is 24.4 Å². The number of carbonyl (C=O) groups is 1. The second kappa shape index (κ2) is 9.46. The van der Waals surface area contributed by atoms with Gasteiger partial charge in [-0.3, -0.25) is 4.79 Å². The number of carbonyl (C=O) groups excluding carboxylic acids is 1. The highest BCUT2D eigenvalue weighted by molar-refractivity contribution is 6.31. The van der Waals surface area contributed by atoms with Crippen LogP contribution in [0.3, 0.4) is 0 Å². The maximum absolute atomic E-state index is 12.7. The molecule has 10 heteroatoms. The number of halogens is 4. The van der Waals surface area contributed by atoms with Crippen molar-refractivity contribution in [3.05, 3.63) is 52.5 Å². The number of benzene rings is 2. The molecule has 1 amide bonds. The first-order valence-electron chi connectivity index (χ1n) is 10.2. The van der Waals surface area contributed by atoms with Crippen molar-refractivity contribution in [1.29, 1.82) is 0 Å². The van der Waals surface area contributed by atoms with Gasteiger partial charge in [0.05, 0.1) is 0 Å². The summed E-state index contributed by atoms with van der Waals surface area (Å²) in [5.41, 5.74) is 1.19. The quantitative estimate of drug-likeness (QED) is 0.570. The standard InChI is InChI=1S/C22H22ClF3N2O4/c23-17-10-20-19(30-13-31-20)9-15(17)11-27-8-7-16-5-6-21(29)28(16)12-14-3-1-2-4-18(14)32-22(24,25)26/h1-4,9-10,16,27H,5-8,11-13H2/t16-/m1/s1. The molecule has 2 aromatic rings. The number of alkyl halides is 3. The van der Waals surface area contributed by atoms with Gasteiger partial charge in [-0.05, 0) is 37.1 Å². The highest BCUT2D eigenvalue weighted by Crippen LogP contribution is 2.37. The molecule has 0 bridgehead atoms. The van der Waals surface area contributed by atoms with Crippen LogP contribution in [0.1, 0.15) is 30.4 Å². The van der Waals surface area contributed by atoms with Crippen LogP contribution in [0.5, 0.6) is 17.2 Å². The Morgan fingerprint density at radius 2 is 1.91 bits per heavy atom. The largest absolute Gasteiger partial charge is 0.573 e. The van der Waals surface area contributed by atoms with Crippen LogP contribution in [0.4, 0.5) is 13.2 Å². The van der Waals surface area contributed by atoms with Gasteiger partial charge in [0.25, 0.3) is 0 Å². The lowest BCUT2D eigenvalue weighted by Gasteiger charge is -2.26. The van der Waals surface area contributed by atoms with Gasteiger partial charge in [-0.15, -0.1) is 13.2 Å². The highest BCUT2D eigenvalue weighted by atomic mass is 35.5. The van der Waals surface area contributed by atoms with Crippen molar-refractivity contribution in [2.75, 3.05) is 13.3 Å². The number of fused-ring (bicyclic) bond motifs is 1. The summed E-state index contributed by atoms with van der Waals surface area (Å²) in [6.07, 6.45) is -3.09. The van der Waals surface area contributed by atoms with Crippen LogP contribution >= 0.6 is 11.6 Å². The van der Waals surface area contributed by atoms with Crippen molar-refractivity contribution in [3.63, 3.8) is 0 Å². The summed E-state index contributed by atoms with van der Waals surface area (Å²) < 4.78 is 52.9. The van der Waals surface area contributed by atoms with E-state index in [0.717, 1.165) is 5.56 Å². The Hall–Kier alpha value is -2.65. The van der Waals surface area contributed by atoms with Gasteiger partial charge in [0.2, 0.25) is 12.7 Å². The second-order valence-electron chi connectivity index (χ2n) is 7.63. The Kier molecular flexibility index (Phi) is 6.66. The Morgan fingerprint density at radius 3 is 2.69 bits per heavy atom. The SMILES string of the molecule is O=C1CC[C@H](CCNCc2cc3c(cc2Cl)OCO3)N1Cc1ccccc1OC(F)(F)F. The van der Waals surface area contributed by atoms with Gasteiger partial charge in [-0.2, -0.15) is 0 Å². The van der Waals surface area contributed by atoms with Crippen molar-refractivity contribution in [2.24, 2.45) is 0 Å². The zero-order valence-corrected chi connectivity index (χ0v) is 17.8. The average Bonchev–Trinajstić information content (AvgIpc) is 3.32. The molecule has 0 saturated carbocycles. The van der Waals surface area contributed by atoms with E-state index in [-0.39, 0.29) is 31.0 Å². The van der Waals surface area contributed by atoms with Crippen LogP contribution in [0, 0.1) is 0 Å². The van der Waals surface area contributed by atoms with Crippen LogP contribution in [0.2, 0.25) is 5.02 Å². The Labute approximate surface area is 188 Å². The molecule has 0 aromatic heterocycles. The second-order valence-corrected chi connectivity index (χ2v) is 8.04. The summed E-state index contributed by atoms with van der Waals surface area (Å²) in [6.45, 7) is 1.37. The van der Waals surface area contributed by atoms with E-state index in [1.165, 1.54) is 12.1 Å². The first-order valence-corrected chi connectivity index (χ1v) is 10.6. The molecule has 32 heavy (non-hydrogen) atoms.